The molecular formula is C15H9ClFN5O. The largest absolute Gasteiger partial charge is 0.394 e. The Balaban J connectivity index is 2.23. The van der Waals surface area contributed by atoms with Gasteiger partial charge in [0.25, 0.3) is 5.56 Å². The minimum atomic E-state index is -0.483. The molecule has 0 aliphatic carbocycles. The SMILES string of the molecule is Nc1c(-c2ccc(F)c3[nH]ncc23)c2nccc(Cl)c2[nH]c1=O. The van der Waals surface area contributed by atoms with Crippen molar-refractivity contribution in [2.24, 2.45) is 0 Å². The minimum Gasteiger partial charge on any atom is -0.394 e. The van der Waals surface area contributed by atoms with Crippen LogP contribution in [0.25, 0.3) is 33.1 Å². The molecule has 8 heteroatoms. The zero-order valence-electron chi connectivity index (χ0n) is 11.5. The van der Waals surface area contributed by atoms with E-state index in [0.717, 1.165) is 0 Å². The normalized spacial score (nSPS) is 11.4. The average molecular weight is 330 g/mol. The molecule has 23 heavy (non-hydrogen) atoms. The summed E-state index contributed by atoms with van der Waals surface area (Å²) in [5.74, 6) is -0.444. The van der Waals surface area contributed by atoms with Crippen molar-refractivity contribution >= 4 is 39.2 Å². The van der Waals surface area contributed by atoms with Crippen LogP contribution in [0.5, 0.6) is 0 Å². The van der Waals surface area contributed by atoms with E-state index in [2.05, 4.69) is 20.2 Å². The molecule has 0 fully saturated rings. The first-order chi connectivity index (χ1) is 11.1. The number of rotatable bonds is 1. The fourth-order valence-corrected chi connectivity index (χ4v) is 2.85. The molecular weight excluding hydrogens is 321 g/mol. The van der Waals surface area contributed by atoms with Gasteiger partial charge in [0.2, 0.25) is 0 Å². The second kappa shape index (κ2) is 4.79. The van der Waals surface area contributed by atoms with Crippen molar-refractivity contribution in [3.05, 3.63) is 51.8 Å². The van der Waals surface area contributed by atoms with Crippen LogP contribution < -0.4 is 11.3 Å². The Hall–Kier alpha value is -2.93. The average Bonchev–Trinajstić information content (AvgIpc) is 3.02. The van der Waals surface area contributed by atoms with Crippen molar-refractivity contribution in [2.45, 2.75) is 0 Å². The molecule has 0 saturated heterocycles. The lowest BCUT2D eigenvalue weighted by atomic mass is 9.99. The van der Waals surface area contributed by atoms with Crippen LogP contribution in [0.2, 0.25) is 5.02 Å². The van der Waals surface area contributed by atoms with E-state index in [4.69, 9.17) is 17.3 Å². The molecule has 4 aromatic rings. The first-order valence-electron chi connectivity index (χ1n) is 6.66. The third-order valence-corrected chi connectivity index (χ3v) is 4.04. The Morgan fingerprint density at radius 1 is 1.22 bits per heavy atom. The number of halogens is 2. The van der Waals surface area contributed by atoms with Gasteiger partial charge in [0, 0.05) is 17.1 Å². The highest BCUT2D eigenvalue weighted by Crippen LogP contribution is 2.36. The summed E-state index contributed by atoms with van der Waals surface area (Å²) in [6.45, 7) is 0. The lowest BCUT2D eigenvalue weighted by Gasteiger charge is -2.11. The van der Waals surface area contributed by atoms with E-state index >= 15 is 0 Å². The van der Waals surface area contributed by atoms with E-state index < -0.39 is 11.4 Å². The Morgan fingerprint density at radius 3 is 2.87 bits per heavy atom. The van der Waals surface area contributed by atoms with Gasteiger partial charge in [0.05, 0.1) is 22.3 Å². The van der Waals surface area contributed by atoms with Crippen molar-refractivity contribution in [3.8, 4) is 11.1 Å². The molecule has 0 aliphatic heterocycles. The molecule has 0 bridgehead atoms. The van der Waals surface area contributed by atoms with Gasteiger partial charge < -0.3 is 10.7 Å². The van der Waals surface area contributed by atoms with Gasteiger partial charge in [-0.25, -0.2) is 4.39 Å². The Kier molecular flexibility index (Phi) is 2.85. The molecule has 0 saturated carbocycles. The van der Waals surface area contributed by atoms with E-state index in [1.807, 2.05) is 0 Å². The second-order valence-corrected chi connectivity index (χ2v) is 5.42. The summed E-state index contributed by atoms with van der Waals surface area (Å²) in [6.07, 6.45) is 2.99. The number of nitrogens with zero attached hydrogens (tertiary/aromatic N) is 2. The van der Waals surface area contributed by atoms with Gasteiger partial charge in [-0.05, 0) is 17.7 Å². The van der Waals surface area contributed by atoms with Crippen LogP contribution in [0.15, 0.2) is 35.4 Å². The Morgan fingerprint density at radius 2 is 2.04 bits per heavy atom. The highest BCUT2D eigenvalue weighted by Gasteiger charge is 2.18. The van der Waals surface area contributed by atoms with E-state index in [0.29, 0.717) is 32.6 Å². The first-order valence-corrected chi connectivity index (χ1v) is 7.03. The van der Waals surface area contributed by atoms with Crippen molar-refractivity contribution in [3.63, 3.8) is 0 Å². The summed E-state index contributed by atoms with van der Waals surface area (Å²) >= 11 is 6.13. The number of fused-ring (bicyclic) bond motifs is 2. The fraction of sp³-hybridized carbons (Fsp3) is 0. The lowest BCUT2D eigenvalue weighted by Crippen LogP contribution is -2.14. The molecule has 3 aromatic heterocycles. The number of hydrogen-bond acceptors (Lipinski definition) is 4. The van der Waals surface area contributed by atoms with Gasteiger partial charge in [0.1, 0.15) is 17.0 Å². The molecule has 3 heterocycles. The Labute approximate surface area is 133 Å². The number of nitrogen functional groups attached to an aromatic ring is 1. The summed E-state index contributed by atoms with van der Waals surface area (Å²) in [6, 6.07) is 4.39. The van der Waals surface area contributed by atoms with Crippen LogP contribution in [0.1, 0.15) is 0 Å². The molecule has 4 rings (SSSR count). The zero-order chi connectivity index (χ0) is 16.1. The van der Waals surface area contributed by atoms with Crippen molar-refractivity contribution in [2.75, 3.05) is 5.73 Å². The predicted octanol–water partition coefficient (Wildman–Crippen LogP) is 2.84. The number of aromatic nitrogens is 4. The summed E-state index contributed by atoms with van der Waals surface area (Å²) in [7, 11) is 0. The van der Waals surface area contributed by atoms with Crippen LogP contribution in [0, 0.1) is 5.82 Å². The first kappa shape index (κ1) is 13.7. The molecule has 0 unspecified atom stereocenters. The number of hydrogen-bond donors (Lipinski definition) is 3. The summed E-state index contributed by atoms with van der Waals surface area (Å²) in [5.41, 5.74) is 7.48. The molecule has 1 aromatic carbocycles. The van der Waals surface area contributed by atoms with Crippen LogP contribution in [0.4, 0.5) is 10.1 Å². The third kappa shape index (κ3) is 1.90. The van der Waals surface area contributed by atoms with Gasteiger partial charge in [-0.3, -0.25) is 14.9 Å². The molecule has 0 spiro atoms. The summed E-state index contributed by atoms with van der Waals surface area (Å²) in [4.78, 5) is 19.0. The number of nitrogens with two attached hydrogens (primary N) is 1. The smallest absolute Gasteiger partial charge is 0.272 e. The highest BCUT2D eigenvalue weighted by molar-refractivity contribution is 6.35. The number of nitrogens with one attached hydrogen (secondary N) is 2. The molecule has 0 amide bonds. The molecule has 4 N–H and O–H groups in total. The third-order valence-electron chi connectivity index (χ3n) is 3.72. The number of aromatic amines is 2. The summed E-state index contributed by atoms with van der Waals surface area (Å²) < 4.78 is 13.9. The topological polar surface area (TPSA) is 100 Å². The van der Waals surface area contributed by atoms with Crippen molar-refractivity contribution in [1.29, 1.82) is 0 Å². The van der Waals surface area contributed by atoms with Crippen molar-refractivity contribution < 1.29 is 4.39 Å². The van der Waals surface area contributed by atoms with Gasteiger partial charge >= 0.3 is 0 Å². The number of benzene rings is 1. The molecule has 0 atom stereocenters. The van der Waals surface area contributed by atoms with E-state index in [1.54, 1.807) is 12.1 Å². The van der Waals surface area contributed by atoms with Gasteiger partial charge in [-0.1, -0.05) is 17.7 Å². The fourth-order valence-electron chi connectivity index (χ4n) is 2.66. The standard InChI is InChI=1S/C15H9ClFN5O/c16-8-3-4-19-14-10(11(18)15(23)21-13(8)14)6-1-2-9(17)12-7(6)5-20-22-12/h1-5H,18H2,(H,20,22)(H,21,23). The van der Waals surface area contributed by atoms with E-state index in [1.165, 1.54) is 18.5 Å². The Bertz CT molecular complexity index is 1130. The molecule has 0 radical (unpaired) electrons. The van der Waals surface area contributed by atoms with E-state index in [9.17, 15) is 9.18 Å². The number of H-pyrrole nitrogens is 2. The number of pyridine rings is 2. The molecule has 114 valence electrons. The monoisotopic (exact) mass is 329 g/mol. The quantitative estimate of drug-likeness (QED) is 0.500. The minimum absolute atomic E-state index is 0.0126. The van der Waals surface area contributed by atoms with Crippen LogP contribution >= 0.6 is 11.6 Å². The van der Waals surface area contributed by atoms with Gasteiger partial charge in [0.15, 0.2) is 0 Å². The maximum Gasteiger partial charge on any atom is 0.272 e. The maximum atomic E-state index is 13.9. The lowest BCUT2D eigenvalue weighted by molar-refractivity contribution is 0.636. The highest BCUT2D eigenvalue weighted by atomic mass is 35.5. The van der Waals surface area contributed by atoms with Crippen molar-refractivity contribution in [1.82, 2.24) is 20.2 Å². The number of anilines is 1. The second-order valence-electron chi connectivity index (χ2n) is 5.01. The van der Waals surface area contributed by atoms with Crippen LogP contribution in [-0.2, 0) is 0 Å². The maximum absolute atomic E-state index is 13.9. The molecule has 6 nitrogen and oxygen atoms in total. The van der Waals surface area contributed by atoms with E-state index in [-0.39, 0.29) is 11.2 Å². The van der Waals surface area contributed by atoms with Crippen LogP contribution in [-0.4, -0.2) is 20.2 Å². The zero-order valence-corrected chi connectivity index (χ0v) is 12.3. The van der Waals surface area contributed by atoms with Crippen LogP contribution in [0.3, 0.4) is 0 Å². The van der Waals surface area contributed by atoms with Gasteiger partial charge in [-0.15, -0.1) is 0 Å². The molecule has 0 aliphatic rings. The van der Waals surface area contributed by atoms with Gasteiger partial charge in [-0.2, -0.15) is 5.10 Å². The summed E-state index contributed by atoms with van der Waals surface area (Å²) in [5, 5.41) is 7.30. The predicted molar refractivity (Wildman–Crippen MR) is 86.8 cm³/mol.